The van der Waals surface area contributed by atoms with E-state index in [1.807, 2.05) is 24.6 Å². The molecule has 1 aliphatic carbocycles. The number of anilines is 1. The van der Waals surface area contributed by atoms with Crippen LogP contribution in [0.5, 0.6) is 0 Å². The summed E-state index contributed by atoms with van der Waals surface area (Å²) < 4.78 is 2.00. The van der Waals surface area contributed by atoms with Crippen molar-refractivity contribution in [1.82, 2.24) is 9.78 Å². The number of hydrogen-bond donors (Lipinski definition) is 2. The molecule has 0 atom stereocenters. The van der Waals surface area contributed by atoms with Crippen molar-refractivity contribution in [2.45, 2.75) is 58.9 Å². The third-order valence-electron chi connectivity index (χ3n) is 4.57. The van der Waals surface area contributed by atoms with Crippen molar-refractivity contribution in [2.24, 2.45) is 11.1 Å². The van der Waals surface area contributed by atoms with Crippen molar-refractivity contribution in [2.75, 3.05) is 11.9 Å². The highest BCUT2D eigenvalue weighted by molar-refractivity contribution is 5.94. The molecular formula is C15H27ClN4O. The van der Waals surface area contributed by atoms with Gasteiger partial charge in [-0.15, -0.1) is 12.4 Å². The van der Waals surface area contributed by atoms with E-state index in [-0.39, 0.29) is 18.3 Å². The van der Waals surface area contributed by atoms with Crippen LogP contribution in [-0.2, 0) is 11.3 Å². The second-order valence-electron chi connectivity index (χ2n) is 5.69. The van der Waals surface area contributed by atoms with E-state index in [1.165, 1.54) is 18.5 Å². The van der Waals surface area contributed by atoms with Gasteiger partial charge in [0.1, 0.15) is 0 Å². The topological polar surface area (TPSA) is 72.9 Å². The second-order valence-corrected chi connectivity index (χ2v) is 5.69. The number of nitrogens with two attached hydrogens (primary N) is 1. The number of carbonyl (C=O) groups excluding carboxylic acids is 1. The molecule has 21 heavy (non-hydrogen) atoms. The number of halogens is 1. The molecule has 0 spiro atoms. The summed E-state index contributed by atoms with van der Waals surface area (Å²) >= 11 is 0. The number of nitrogens with one attached hydrogen (secondary N) is 1. The van der Waals surface area contributed by atoms with Crippen LogP contribution in [0.4, 0.5) is 5.82 Å². The first-order valence-corrected chi connectivity index (χ1v) is 7.69. The molecule has 1 fully saturated rings. The van der Waals surface area contributed by atoms with Crippen LogP contribution in [0, 0.1) is 5.41 Å². The van der Waals surface area contributed by atoms with Gasteiger partial charge in [-0.25, -0.2) is 0 Å². The van der Waals surface area contributed by atoms with Gasteiger partial charge in [0.15, 0.2) is 5.82 Å². The predicted molar refractivity (Wildman–Crippen MR) is 87.8 cm³/mol. The number of rotatable bonds is 7. The predicted octanol–water partition coefficient (Wildman–Crippen LogP) is 2.91. The van der Waals surface area contributed by atoms with Gasteiger partial charge in [0.25, 0.3) is 0 Å². The fourth-order valence-electron chi connectivity index (χ4n) is 2.65. The van der Waals surface area contributed by atoms with Gasteiger partial charge in [-0.3, -0.25) is 9.48 Å². The zero-order chi connectivity index (χ0) is 14.8. The number of nitrogens with zero attached hydrogens (tertiary/aromatic N) is 2. The molecular weight excluding hydrogens is 288 g/mol. The molecule has 1 aliphatic rings. The molecule has 1 aromatic heterocycles. The quantitative estimate of drug-likeness (QED) is 0.812. The first kappa shape index (κ1) is 18.0. The van der Waals surface area contributed by atoms with Gasteiger partial charge in [-0.1, -0.05) is 13.8 Å². The van der Waals surface area contributed by atoms with Crippen LogP contribution >= 0.6 is 12.4 Å². The van der Waals surface area contributed by atoms with E-state index in [2.05, 4.69) is 17.3 Å². The fourth-order valence-corrected chi connectivity index (χ4v) is 2.65. The number of aromatic nitrogens is 2. The molecule has 0 aromatic carbocycles. The smallest absolute Gasteiger partial charge is 0.233 e. The summed E-state index contributed by atoms with van der Waals surface area (Å²) in [5, 5.41) is 7.45. The minimum atomic E-state index is -0.476. The van der Waals surface area contributed by atoms with E-state index in [0.717, 1.165) is 19.4 Å². The molecule has 0 radical (unpaired) electrons. The summed E-state index contributed by atoms with van der Waals surface area (Å²) in [6, 6.07) is 2.02. The summed E-state index contributed by atoms with van der Waals surface area (Å²) in [6.07, 6.45) is 3.96. The van der Waals surface area contributed by atoms with E-state index >= 15 is 0 Å². The van der Waals surface area contributed by atoms with Crippen molar-refractivity contribution in [1.29, 1.82) is 0 Å². The van der Waals surface area contributed by atoms with Crippen LogP contribution in [0.25, 0.3) is 0 Å². The molecule has 1 aromatic rings. The molecule has 1 amide bonds. The Labute approximate surface area is 133 Å². The molecule has 0 aliphatic heterocycles. The lowest BCUT2D eigenvalue weighted by molar-refractivity contribution is -0.125. The first-order chi connectivity index (χ1) is 9.60. The Bertz CT molecular complexity index is 470. The van der Waals surface area contributed by atoms with Gasteiger partial charge in [0.05, 0.1) is 5.41 Å². The molecule has 0 bridgehead atoms. The van der Waals surface area contributed by atoms with Crippen molar-refractivity contribution in [3.63, 3.8) is 0 Å². The van der Waals surface area contributed by atoms with Crippen LogP contribution in [0.1, 0.15) is 58.1 Å². The molecule has 6 heteroatoms. The highest BCUT2D eigenvalue weighted by Crippen LogP contribution is 2.41. The summed E-state index contributed by atoms with van der Waals surface area (Å²) in [5.74, 6) is 1.29. The van der Waals surface area contributed by atoms with E-state index in [0.29, 0.717) is 18.3 Å². The zero-order valence-corrected chi connectivity index (χ0v) is 14.0. The molecule has 5 nitrogen and oxygen atoms in total. The number of carbonyl (C=O) groups is 1. The Hall–Kier alpha value is -1.07. The summed E-state index contributed by atoms with van der Waals surface area (Å²) in [5.41, 5.74) is 6.58. The number of amides is 1. The van der Waals surface area contributed by atoms with Gasteiger partial charge in [0, 0.05) is 30.8 Å². The van der Waals surface area contributed by atoms with E-state index in [4.69, 9.17) is 5.73 Å². The maximum Gasteiger partial charge on any atom is 0.233 e. The van der Waals surface area contributed by atoms with Gasteiger partial charge in [-0.2, -0.15) is 5.10 Å². The minimum Gasteiger partial charge on any atom is -0.329 e. The molecule has 3 N–H and O–H groups in total. The monoisotopic (exact) mass is 314 g/mol. The Kier molecular flexibility index (Phi) is 6.23. The van der Waals surface area contributed by atoms with Crippen molar-refractivity contribution in [3.8, 4) is 0 Å². The summed E-state index contributed by atoms with van der Waals surface area (Å²) in [6.45, 7) is 7.31. The van der Waals surface area contributed by atoms with Crippen molar-refractivity contribution in [3.05, 3.63) is 11.8 Å². The highest BCUT2D eigenvalue weighted by atomic mass is 35.5. The number of aryl methyl sites for hydroxylation is 1. The van der Waals surface area contributed by atoms with Crippen LogP contribution in [0.3, 0.4) is 0 Å². The number of hydrogen-bond acceptors (Lipinski definition) is 3. The average molecular weight is 315 g/mol. The fraction of sp³-hybridized carbons (Fsp3) is 0.733. The third-order valence-corrected chi connectivity index (χ3v) is 4.57. The minimum absolute atomic E-state index is 0. The second kappa shape index (κ2) is 7.27. The molecule has 2 rings (SSSR count). The largest absolute Gasteiger partial charge is 0.329 e. The van der Waals surface area contributed by atoms with Crippen LogP contribution in [0.2, 0.25) is 0 Å². The maximum absolute atomic E-state index is 12.5. The SMILES string of the molecule is CCn1nc(NC(=O)C(CC)(CC)CN)cc1C1CC1.Cl. The lowest BCUT2D eigenvalue weighted by Crippen LogP contribution is -2.41. The molecule has 120 valence electrons. The highest BCUT2D eigenvalue weighted by Gasteiger charge is 2.34. The lowest BCUT2D eigenvalue weighted by Gasteiger charge is -2.27. The van der Waals surface area contributed by atoms with Gasteiger partial charge >= 0.3 is 0 Å². The Morgan fingerprint density at radius 1 is 1.43 bits per heavy atom. The summed E-state index contributed by atoms with van der Waals surface area (Å²) in [7, 11) is 0. The Morgan fingerprint density at radius 2 is 2.05 bits per heavy atom. The third kappa shape index (κ3) is 3.58. The molecule has 1 heterocycles. The summed E-state index contributed by atoms with van der Waals surface area (Å²) in [4.78, 5) is 12.5. The lowest BCUT2D eigenvalue weighted by atomic mass is 9.81. The zero-order valence-electron chi connectivity index (χ0n) is 13.2. The first-order valence-electron chi connectivity index (χ1n) is 7.69. The maximum atomic E-state index is 12.5. The van der Waals surface area contributed by atoms with Crippen molar-refractivity contribution < 1.29 is 4.79 Å². The van der Waals surface area contributed by atoms with Crippen LogP contribution in [-0.4, -0.2) is 22.2 Å². The molecule has 0 unspecified atom stereocenters. The van der Waals surface area contributed by atoms with Gasteiger partial charge in [0.2, 0.25) is 5.91 Å². The van der Waals surface area contributed by atoms with Crippen LogP contribution in [0.15, 0.2) is 6.07 Å². The van der Waals surface area contributed by atoms with Crippen LogP contribution < -0.4 is 11.1 Å². The normalized spacial score (nSPS) is 14.7. The van der Waals surface area contributed by atoms with Gasteiger partial charge < -0.3 is 11.1 Å². The van der Waals surface area contributed by atoms with E-state index < -0.39 is 5.41 Å². The molecule has 1 saturated carbocycles. The molecule has 0 saturated heterocycles. The standard InChI is InChI=1S/C15H26N4O.ClH/c1-4-15(5-2,10-16)14(20)17-13-9-12(11-7-8-11)19(6-3)18-13;/h9,11H,4-8,10,16H2,1-3H3,(H,17,18,20);1H. The van der Waals surface area contributed by atoms with Gasteiger partial charge in [-0.05, 0) is 32.6 Å². The van der Waals surface area contributed by atoms with E-state index in [9.17, 15) is 4.79 Å². The average Bonchev–Trinajstić information content (AvgIpc) is 3.23. The Morgan fingerprint density at radius 3 is 2.48 bits per heavy atom. The Balaban J connectivity index is 0.00000220. The van der Waals surface area contributed by atoms with E-state index in [1.54, 1.807) is 0 Å². The van der Waals surface area contributed by atoms with Crippen molar-refractivity contribution >= 4 is 24.1 Å².